The van der Waals surface area contributed by atoms with E-state index >= 15 is 0 Å². The van der Waals surface area contributed by atoms with Crippen LogP contribution < -0.4 is 21.3 Å². The molecule has 0 unspecified atom stereocenters. The SMILES string of the molecule is C[C@H](Nc1nc(Nc2cnccn2)cc(N2CCC[C@H]2C(N)=O)n1)c1ccc(F)cc1.Cl. The Hall–Kier alpha value is -3.53. The van der Waals surface area contributed by atoms with Crippen LogP contribution in [0.15, 0.2) is 48.9 Å². The lowest BCUT2D eigenvalue weighted by atomic mass is 10.1. The third-order valence-electron chi connectivity index (χ3n) is 5.12. The molecule has 1 aliphatic rings. The highest BCUT2D eigenvalue weighted by molar-refractivity contribution is 5.85. The van der Waals surface area contributed by atoms with Crippen LogP contribution in [-0.4, -0.2) is 38.4 Å². The Balaban J connectivity index is 0.00000289. The second-order valence-electron chi connectivity index (χ2n) is 7.32. The minimum atomic E-state index is -0.415. The molecule has 0 bridgehead atoms. The van der Waals surface area contributed by atoms with E-state index in [9.17, 15) is 9.18 Å². The molecule has 1 aliphatic heterocycles. The van der Waals surface area contributed by atoms with E-state index in [4.69, 9.17) is 5.73 Å². The molecule has 0 saturated carbocycles. The highest BCUT2D eigenvalue weighted by Crippen LogP contribution is 2.28. The van der Waals surface area contributed by atoms with Crippen molar-refractivity contribution in [3.63, 3.8) is 0 Å². The summed E-state index contributed by atoms with van der Waals surface area (Å²) in [7, 11) is 0. The fourth-order valence-electron chi connectivity index (χ4n) is 3.57. The molecule has 168 valence electrons. The lowest BCUT2D eigenvalue weighted by Crippen LogP contribution is -2.40. The summed E-state index contributed by atoms with van der Waals surface area (Å²) in [5, 5.41) is 6.36. The molecule has 4 rings (SSSR count). The summed E-state index contributed by atoms with van der Waals surface area (Å²) in [6.45, 7) is 2.60. The quantitative estimate of drug-likeness (QED) is 0.493. The van der Waals surface area contributed by atoms with Gasteiger partial charge in [-0.15, -0.1) is 12.4 Å². The number of carbonyl (C=O) groups is 1. The number of hydrogen-bond donors (Lipinski definition) is 3. The number of nitrogens with zero attached hydrogens (tertiary/aromatic N) is 5. The van der Waals surface area contributed by atoms with E-state index in [1.54, 1.807) is 36.8 Å². The maximum absolute atomic E-state index is 13.3. The summed E-state index contributed by atoms with van der Waals surface area (Å²) in [5.74, 6) is 1.28. The molecule has 1 fully saturated rings. The third-order valence-corrected chi connectivity index (χ3v) is 5.12. The summed E-state index contributed by atoms with van der Waals surface area (Å²) >= 11 is 0. The van der Waals surface area contributed by atoms with Gasteiger partial charge in [0, 0.05) is 25.0 Å². The Morgan fingerprint density at radius 1 is 1.22 bits per heavy atom. The Bertz CT molecular complexity index is 1050. The van der Waals surface area contributed by atoms with Gasteiger partial charge in [-0.25, -0.2) is 9.37 Å². The van der Waals surface area contributed by atoms with Crippen LogP contribution in [-0.2, 0) is 4.79 Å². The first kappa shape index (κ1) is 23.1. The number of anilines is 4. The largest absolute Gasteiger partial charge is 0.368 e. The van der Waals surface area contributed by atoms with Crippen molar-refractivity contribution in [2.24, 2.45) is 5.73 Å². The molecule has 2 aromatic heterocycles. The lowest BCUT2D eigenvalue weighted by molar-refractivity contribution is -0.119. The molecule has 4 N–H and O–H groups in total. The normalized spacial score (nSPS) is 16.2. The van der Waals surface area contributed by atoms with E-state index in [0.29, 0.717) is 36.4 Å². The van der Waals surface area contributed by atoms with Gasteiger partial charge in [0.2, 0.25) is 11.9 Å². The van der Waals surface area contributed by atoms with Gasteiger partial charge in [0.25, 0.3) is 0 Å². The molecule has 32 heavy (non-hydrogen) atoms. The Morgan fingerprint density at radius 2 is 2.00 bits per heavy atom. The van der Waals surface area contributed by atoms with Crippen LogP contribution in [0.4, 0.5) is 27.8 Å². The summed E-state index contributed by atoms with van der Waals surface area (Å²) in [5.41, 5.74) is 6.47. The van der Waals surface area contributed by atoms with Gasteiger partial charge in [-0.1, -0.05) is 12.1 Å². The molecule has 2 atom stereocenters. The lowest BCUT2D eigenvalue weighted by Gasteiger charge is -2.24. The highest BCUT2D eigenvalue weighted by atomic mass is 35.5. The molecular formula is C21H24ClFN8O. The van der Waals surface area contributed by atoms with Crippen LogP contribution in [0, 0.1) is 5.82 Å². The topological polar surface area (TPSA) is 122 Å². The number of nitrogens with two attached hydrogens (primary N) is 1. The number of aromatic nitrogens is 4. The molecule has 0 radical (unpaired) electrons. The van der Waals surface area contributed by atoms with E-state index < -0.39 is 6.04 Å². The first-order valence-electron chi connectivity index (χ1n) is 9.99. The molecule has 11 heteroatoms. The van der Waals surface area contributed by atoms with Gasteiger partial charge in [0.15, 0.2) is 0 Å². The maximum Gasteiger partial charge on any atom is 0.240 e. The van der Waals surface area contributed by atoms with Crippen molar-refractivity contribution in [1.82, 2.24) is 19.9 Å². The molecule has 1 aromatic carbocycles. The number of hydrogen-bond acceptors (Lipinski definition) is 8. The summed E-state index contributed by atoms with van der Waals surface area (Å²) in [6.07, 6.45) is 6.26. The molecule has 9 nitrogen and oxygen atoms in total. The van der Waals surface area contributed by atoms with Gasteiger partial charge in [-0.3, -0.25) is 9.78 Å². The summed E-state index contributed by atoms with van der Waals surface area (Å²) in [6, 6.07) is 7.40. The molecule has 1 amide bonds. The van der Waals surface area contributed by atoms with Crippen molar-refractivity contribution in [2.45, 2.75) is 31.8 Å². The number of rotatable bonds is 7. The fraction of sp³-hybridized carbons (Fsp3) is 0.286. The van der Waals surface area contributed by atoms with Crippen LogP contribution in [0.1, 0.15) is 31.4 Å². The van der Waals surface area contributed by atoms with Gasteiger partial charge < -0.3 is 21.3 Å². The van der Waals surface area contributed by atoms with Crippen LogP contribution in [0.3, 0.4) is 0 Å². The predicted molar refractivity (Wildman–Crippen MR) is 123 cm³/mol. The van der Waals surface area contributed by atoms with E-state index in [1.165, 1.54) is 12.1 Å². The van der Waals surface area contributed by atoms with E-state index in [2.05, 4.69) is 30.6 Å². The van der Waals surface area contributed by atoms with Crippen molar-refractivity contribution in [3.8, 4) is 0 Å². The molecule has 1 saturated heterocycles. The van der Waals surface area contributed by atoms with E-state index in [1.807, 2.05) is 11.8 Å². The monoisotopic (exact) mass is 458 g/mol. The van der Waals surface area contributed by atoms with Gasteiger partial charge >= 0.3 is 0 Å². The van der Waals surface area contributed by atoms with Gasteiger partial charge in [-0.2, -0.15) is 9.97 Å². The molecular weight excluding hydrogens is 435 g/mol. The van der Waals surface area contributed by atoms with Crippen molar-refractivity contribution < 1.29 is 9.18 Å². The number of carbonyl (C=O) groups excluding carboxylic acids is 1. The number of halogens is 2. The minimum Gasteiger partial charge on any atom is -0.368 e. The average molecular weight is 459 g/mol. The molecule has 0 aliphatic carbocycles. The second-order valence-corrected chi connectivity index (χ2v) is 7.32. The highest BCUT2D eigenvalue weighted by Gasteiger charge is 2.30. The number of primary amides is 1. The Kier molecular flexibility index (Phi) is 7.37. The summed E-state index contributed by atoms with van der Waals surface area (Å²) < 4.78 is 13.3. The molecule has 0 spiro atoms. The standard InChI is InChI=1S/C21H23FN8O.ClH/c1-13(14-4-6-15(22)7-5-14)26-21-28-17(27-18-12-24-8-9-25-18)11-19(29-21)30-10-2-3-16(30)20(23)31;/h4-9,11-13,16H,2-3,10H2,1H3,(H2,23,31)(H2,25,26,27,28,29);1H/t13-,16-;/m0./s1. The Morgan fingerprint density at radius 3 is 2.69 bits per heavy atom. The van der Waals surface area contributed by atoms with Crippen LogP contribution in [0.5, 0.6) is 0 Å². The zero-order valence-corrected chi connectivity index (χ0v) is 18.2. The maximum atomic E-state index is 13.3. The minimum absolute atomic E-state index is 0. The number of amides is 1. The van der Waals surface area contributed by atoms with Gasteiger partial charge in [0.1, 0.15) is 29.3 Å². The third kappa shape index (κ3) is 5.38. The zero-order valence-electron chi connectivity index (χ0n) is 17.4. The predicted octanol–water partition coefficient (Wildman–Crippen LogP) is 3.20. The Labute approximate surface area is 191 Å². The molecule has 3 heterocycles. The zero-order chi connectivity index (χ0) is 21.8. The number of nitrogens with one attached hydrogen (secondary N) is 2. The van der Waals surface area contributed by atoms with Crippen molar-refractivity contribution in [2.75, 3.05) is 22.1 Å². The molecule has 3 aromatic rings. The number of benzene rings is 1. The van der Waals surface area contributed by atoms with Gasteiger partial charge in [0.05, 0.1) is 12.2 Å². The van der Waals surface area contributed by atoms with E-state index in [0.717, 1.165) is 12.0 Å². The fourth-order valence-corrected chi connectivity index (χ4v) is 3.57. The van der Waals surface area contributed by atoms with Crippen LogP contribution in [0.2, 0.25) is 0 Å². The van der Waals surface area contributed by atoms with Crippen LogP contribution >= 0.6 is 12.4 Å². The van der Waals surface area contributed by atoms with Gasteiger partial charge in [-0.05, 0) is 37.5 Å². The first-order valence-corrected chi connectivity index (χ1v) is 9.99. The first-order chi connectivity index (χ1) is 15.0. The van der Waals surface area contributed by atoms with E-state index in [-0.39, 0.29) is 30.2 Å². The van der Waals surface area contributed by atoms with Crippen molar-refractivity contribution in [1.29, 1.82) is 0 Å². The second kappa shape index (κ2) is 10.2. The summed E-state index contributed by atoms with van der Waals surface area (Å²) in [4.78, 5) is 31.2. The van der Waals surface area contributed by atoms with Crippen molar-refractivity contribution in [3.05, 3.63) is 60.3 Å². The van der Waals surface area contributed by atoms with Crippen molar-refractivity contribution >= 4 is 41.7 Å². The smallest absolute Gasteiger partial charge is 0.240 e. The van der Waals surface area contributed by atoms with Crippen LogP contribution in [0.25, 0.3) is 0 Å². The average Bonchev–Trinajstić information content (AvgIpc) is 3.25.